The second kappa shape index (κ2) is 7.77. The van der Waals surface area contributed by atoms with E-state index in [0.717, 1.165) is 5.56 Å². The van der Waals surface area contributed by atoms with Gasteiger partial charge >= 0.3 is 5.92 Å². The summed E-state index contributed by atoms with van der Waals surface area (Å²) < 4.78 is 28.2. The zero-order valence-corrected chi connectivity index (χ0v) is 16.4. The average Bonchev–Trinajstić information content (AvgIpc) is 3.22. The Hall–Kier alpha value is -2.84. The van der Waals surface area contributed by atoms with E-state index < -0.39 is 30.0 Å². The summed E-state index contributed by atoms with van der Waals surface area (Å²) in [5.41, 5.74) is 1.24. The molecule has 0 bridgehead atoms. The standard InChI is InChI=1S/C22H23F2N3O3/c1-13(28)25-19(14-5-3-2-4-6-14)20(27-10-9-16(29)12-27)15-7-8-17-18(11-15)26-21(30)22(17,23)24/h2-8,11,16,19-20,29H,9-10,12H2,1H3,(H,25,28)(H,26,30)/t16-,19-,20?/m0/s1. The first kappa shape index (κ1) is 20.4. The molecule has 2 aliphatic rings. The highest BCUT2D eigenvalue weighted by Crippen LogP contribution is 2.44. The highest BCUT2D eigenvalue weighted by molar-refractivity contribution is 6.03. The Labute approximate surface area is 172 Å². The van der Waals surface area contributed by atoms with Crippen molar-refractivity contribution < 1.29 is 23.5 Å². The van der Waals surface area contributed by atoms with Crippen LogP contribution in [0.3, 0.4) is 0 Å². The molecule has 2 aliphatic heterocycles. The molecule has 3 N–H and O–H groups in total. The van der Waals surface area contributed by atoms with Crippen LogP contribution in [-0.2, 0) is 15.5 Å². The van der Waals surface area contributed by atoms with E-state index >= 15 is 0 Å². The number of rotatable bonds is 5. The predicted molar refractivity (Wildman–Crippen MR) is 107 cm³/mol. The van der Waals surface area contributed by atoms with Crippen LogP contribution in [-0.4, -0.2) is 41.0 Å². The lowest BCUT2D eigenvalue weighted by Crippen LogP contribution is -2.39. The molecule has 2 aromatic rings. The molecule has 158 valence electrons. The lowest BCUT2D eigenvalue weighted by atomic mass is 9.90. The number of likely N-dealkylation sites (tertiary alicyclic amines) is 1. The molecule has 0 radical (unpaired) electrons. The number of carbonyl (C=O) groups is 2. The van der Waals surface area contributed by atoms with E-state index in [1.807, 2.05) is 35.2 Å². The molecular formula is C22H23F2N3O3. The second-order valence-corrected chi connectivity index (χ2v) is 7.80. The number of benzene rings is 2. The quantitative estimate of drug-likeness (QED) is 0.702. The molecule has 0 aromatic heterocycles. The van der Waals surface area contributed by atoms with Crippen molar-refractivity contribution in [3.05, 3.63) is 65.2 Å². The van der Waals surface area contributed by atoms with Gasteiger partial charge in [0.1, 0.15) is 0 Å². The van der Waals surface area contributed by atoms with Crippen LogP contribution in [0.4, 0.5) is 14.5 Å². The van der Waals surface area contributed by atoms with Crippen molar-refractivity contribution in [2.75, 3.05) is 18.4 Å². The summed E-state index contributed by atoms with van der Waals surface area (Å²) in [7, 11) is 0. The molecule has 0 saturated carbocycles. The fourth-order valence-corrected chi connectivity index (χ4v) is 4.30. The van der Waals surface area contributed by atoms with E-state index in [-0.39, 0.29) is 17.2 Å². The third-order valence-corrected chi connectivity index (χ3v) is 5.68. The Kier molecular flexibility index (Phi) is 5.29. The van der Waals surface area contributed by atoms with Gasteiger partial charge in [0.25, 0.3) is 5.91 Å². The van der Waals surface area contributed by atoms with Crippen LogP contribution in [0.2, 0.25) is 0 Å². The first-order chi connectivity index (χ1) is 14.3. The van der Waals surface area contributed by atoms with Crippen molar-refractivity contribution in [2.45, 2.75) is 37.5 Å². The monoisotopic (exact) mass is 415 g/mol. The van der Waals surface area contributed by atoms with E-state index in [1.165, 1.54) is 13.0 Å². The molecule has 6 nitrogen and oxygen atoms in total. The van der Waals surface area contributed by atoms with Crippen LogP contribution < -0.4 is 10.6 Å². The fourth-order valence-electron chi connectivity index (χ4n) is 4.30. The third kappa shape index (κ3) is 3.68. The summed E-state index contributed by atoms with van der Waals surface area (Å²) in [6.07, 6.45) is 0.0809. The summed E-state index contributed by atoms with van der Waals surface area (Å²) in [5.74, 6) is -5.14. The Morgan fingerprint density at radius 1 is 1.23 bits per heavy atom. The van der Waals surface area contributed by atoms with Gasteiger partial charge in [-0.15, -0.1) is 0 Å². The van der Waals surface area contributed by atoms with Gasteiger partial charge in [0, 0.05) is 20.0 Å². The Morgan fingerprint density at radius 2 is 1.97 bits per heavy atom. The molecule has 1 fully saturated rings. The van der Waals surface area contributed by atoms with Crippen molar-refractivity contribution >= 4 is 17.5 Å². The van der Waals surface area contributed by atoms with Crippen LogP contribution in [0.5, 0.6) is 0 Å². The minimum atomic E-state index is -3.57. The number of hydrogen-bond donors (Lipinski definition) is 3. The van der Waals surface area contributed by atoms with E-state index in [0.29, 0.717) is 25.1 Å². The summed E-state index contributed by atoms with van der Waals surface area (Å²) in [6.45, 7) is 2.41. The molecule has 1 unspecified atom stereocenters. The molecular weight excluding hydrogens is 392 g/mol. The minimum absolute atomic E-state index is 0.0712. The molecule has 2 aromatic carbocycles. The number of β-amino-alcohol motifs (C(OH)–C–C–N with tert-alkyl or cyclic N) is 1. The molecule has 2 amide bonds. The van der Waals surface area contributed by atoms with Gasteiger partial charge in [-0.1, -0.05) is 42.5 Å². The predicted octanol–water partition coefficient (Wildman–Crippen LogP) is 2.72. The summed E-state index contributed by atoms with van der Waals surface area (Å²) in [5, 5.41) is 15.3. The number of nitrogens with one attached hydrogen (secondary N) is 2. The number of fused-ring (bicyclic) bond motifs is 1. The number of aliphatic hydroxyl groups excluding tert-OH is 1. The number of anilines is 1. The van der Waals surface area contributed by atoms with Crippen molar-refractivity contribution in [3.8, 4) is 0 Å². The smallest absolute Gasteiger partial charge is 0.352 e. The molecule has 2 heterocycles. The van der Waals surface area contributed by atoms with Crippen LogP contribution >= 0.6 is 0 Å². The van der Waals surface area contributed by atoms with Crippen molar-refractivity contribution in [1.82, 2.24) is 10.2 Å². The number of aliphatic hydroxyl groups is 1. The van der Waals surface area contributed by atoms with Gasteiger partial charge in [-0.25, -0.2) is 0 Å². The Morgan fingerprint density at radius 3 is 2.60 bits per heavy atom. The topological polar surface area (TPSA) is 81.7 Å². The van der Waals surface area contributed by atoms with E-state index in [9.17, 15) is 23.5 Å². The minimum Gasteiger partial charge on any atom is -0.392 e. The lowest BCUT2D eigenvalue weighted by Gasteiger charge is -2.36. The highest BCUT2D eigenvalue weighted by atomic mass is 19.3. The van der Waals surface area contributed by atoms with Gasteiger partial charge in [0.2, 0.25) is 5.91 Å². The maximum atomic E-state index is 14.1. The SMILES string of the molecule is CC(=O)N[C@@H](c1ccccc1)C(c1ccc2c(c1)NC(=O)C2(F)F)N1CC[C@H](O)C1. The second-order valence-electron chi connectivity index (χ2n) is 7.80. The number of nitrogens with zero attached hydrogens (tertiary/aromatic N) is 1. The number of alkyl halides is 2. The maximum absolute atomic E-state index is 14.1. The highest BCUT2D eigenvalue weighted by Gasteiger charge is 2.48. The van der Waals surface area contributed by atoms with Crippen LogP contribution in [0.25, 0.3) is 0 Å². The Balaban J connectivity index is 1.80. The summed E-state index contributed by atoms with van der Waals surface area (Å²) in [4.78, 5) is 25.7. The molecule has 30 heavy (non-hydrogen) atoms. The van der Waals surface area contributed by atoms with E-state index in [2.05, 4.69) is 10.6 Å². The molecule has 8 heteroatoms. The third-order valence-electron chi connectivity index (χ3n) is 5.68. The normalized spacial score (nSPS) is 22.3. The molecule has 4 rings (SSSR count). The lowest BCUT2D eigenvalue weighted by molar-refractivity contribution is -0.139. The summed E-state index contributed by atoms with van der Waals surface area (Å²) >= 11 is 0. The molecule has 0 spiro atoms. The fraction of sp³-hybridized carbons (Fsp3) is 0.364. The molecule has 1 saturated heterocycles. The van der Waals surface area contributed by atoms with Crippen molar-refractivity contribution in [3.63, 3.8) is 0 Å². The first-order valence-corrected chi connectivity index (χ1v) is 9.85. The van der Waals surface area contributed by atoms with Gasteiger partial charge in [0.05, 0.1) is 29.4 Å². The number of carbonyl (C=O) groups excluding carboxylic acids is 2. The van der Waals surface area contributed by atoms with E-state index in [1.54, 1.807) is 12.1 Å². The van der Waals surface area contributed by atoms with Crippen molar-refractivity contribution in [2.24, 2.45) is 0 Å². The van der Waals surface area contributed by atoms with Gasteiger partial charge < -0.3 is 15.7 Å². The van der Waals surface area contributed by atoms with E-state index in [4.69, 9.17) is 0 Å². The largest absolute Gasteiger partial charge is 0.392 e. The van der Waals surface area contributed by atoms with Gasteiger partial charge in [-0.2, -0.15) is 8.78 Å². The van der Waals surface area contributed by atoms with Crippen molar-refractivity contribution in [1.29, 1.82) is 0 Å². The maximum Gasteiger partial charge on any atom is 0.352 e. The molecule has 0 aliphatic carbocycles. The summed E-state index contributed by atoms with van der Waals surface area (Å²) in [6, 6.07) is 12.9. The van der Waals surface area contributed by atoms with Gasteiger partial charge in [0.15, 0.2) is 0 Å². The van der Waals surface area contributed by atoms with Crippen LogP contribution in [0, 0.1) is 0 Å². The Bertz CT molecular complexity index is 967. The molecule has 3 atom stereocenters. The number of hydrogen-bond acceptors (Lipinski definition) is 4. The first-order valence-electron chi connectivity index (χ1n) is 9.85. The van der Waals surface area contributed by atoms with Gasteiger partial charge in [-0.05, 0) is 23.6 Å². The van der Waals surface area contributed by atoms with Gasteiger partial charge in [-0.3, -0.25) is 14.5 Å². The zero-order valence-electron chi connectivity index (χ0n) is 16.4. The van der Waals surface area contributed by atoms with Crippen LogP contribution in [0.1, 0.15) is 42.1 Å². The number of halogens is 2. The zero-order chi connectivity index (χ0) is 21.5. The number of amides is 2. The average molecular weight is 415 g/mol. The van der Waals surface area contributed by atoms with Crippen LogP contribution in [0.15, 0.2) is 48.5 Å².